The van der Waals surface area contributed by atoms with E-state index in [0.717, 1.165) is 12.2 Å². The van der Waals surface area contributed by atoms with E-state index in [1.807, 2.05) is 13.8 Å². The second kappa shape index (κ2) is 6.63. The first-order valence-electron chi connectivity index (χ1n) is 6.99. The number of ether oxygens (including phenoxy) is 1. The molecule has 0 atom stereocenters. The Morgan fingerprint density at radius 3 is 2.35 bits per heavy atom. The molecule has 0 N–H and O–H groups in total. The number of carbonyl (C=O) groups is 2. The molecule has 0 aliphatic rings. The molecule has 1 aromatic rings. The van der Waals surface area contributed by atoms with Crippen molar-refractivity contribution in [3.05, 3.63) is 11.6 Å². The third-order valence-electron chi connectivity index (χ3n) is 3.20. The van der Waals surface area contributed by atoms with E-state index in [0.29, 0.717) is 12.2 Å². The van der Waals surface area contributed by atoms with Crippen molar-refractivity contribution < 1.29 is 14.3 Å². The third-order valence-corrected chi connectivity index (χ3v) is 3.20. The smallest absolute Gasteiger partial charge is 0.319 e. The Morgan fingerprint density at radius 1 is 1.20 bits per heavy atom. The normalized spacial score (nSPS) is 11.4. The van der Waals surface area contributed by atoms with Gasteiger partial charge in [0.1, 0.15) is 17.8 Å². The van der Waals surface area contributed by atoms with E-state index in [-0.39, 0.29) is 18.9 Å². The first kappa shape index (κ1) is 16.3. The fraction of sp³-hybridized carbons (Fsp3) is 0.714. The summed E-state index contributed by atoms with van der Waals surface area (Å²) in [6.07, 6.45) is 1.41. The number of nitrogens with zero attached hydrogens (tertiary/aromatic N) is 3. The molecular formula is C14H23N3O3. The van der Waals surface area contributed by atoms with Crippen molar-refractivity contribution in [2.75, 3.05) is 6.61 Å². The molecule has 1 rings (SSSR count). The van der Waals surface area contributed by atoms with Gasteiger partial charge in [0.05, 0.1) is 6.61 Å². The van der Waals surface area contributed by atoms with Crippen LogP contribution in [0.3, 0.4) is 0 Å². The molecule has 0 saturated heterocycles. The maximum absolute atomic E-state index is 12.3. The highest BCUT2D eigenvalue weighted by molar-refractivity contribution is 6.02. The fourth-order valence-electron chi connectivity index (χ4n) is 1.72. The van der Waals surface area contributed by atoms with Crippen LogP contribution in [0, 0.1) is 5.41 Å². The summed E-state index contributed by atoms with van der Waals surface area (Å²) in [5.41, 5.74) is -1.17. The Balaban J connectivity index is 2.89. The lowest BCUT2D eigenvalue weighted by molar-refractivity contribution is -0.158. The van der Waals surface area contributed by atoms with Gasteiger partial charge in [-0.2, -0.15) is 5.10 Å². The highest BCUT2D eigenvalue weighted by Crippen LogP contribution is 2.20. The lowest BCUT2D eigenvalue weighted by Crippen LogP contribution is -2.37. The van der Waals surface area contributed by atoms with Gasteiger partial charge in [-0.3, -0.25) is 9.59 Å². The molecule has 112 valence electrons. The van der Waals surface area contributed by atoms with Gasteiger partial charge in [0.15, 0.2) is 11.6 Å². The van der Waals surface area contributed by atoms with Gasteiger partial charge in [0.2, 0.25) is 0 Å². The van der Waals surface area contributed by atoms with Crippen LogP contribution in [0.4, 0.5) is 0 Å². The number of ketones is 1. The molecule has 0 bridgehead atoms. The van der Waals surface area contributed by atoms with E-state index < -0.39 is 11.4 Å². The van der Waals surface area contributed by atoms with Crippen LogP contribution in [-0.4, -0.2) is 33.1 Å². The number of hydrogen-bond donors (Lipinski definition) is 0. The number of aromatic nitrogens is 3. The van der Waals surface area contributed by atoms with Gasteiger partial charge in [0, 0.05) is 12.8 Å². The van der Waals surface area contributed by atoms with Crippen LogP contribution in [0.1, 0.15) is 46.3 Å². The topological polar surface area (TPSA) is 74.1 Å². The second-order valence-electron chi connectivity index (χ2n) is 5.08. The number of rotatable bonds is 7. The van der Waals surface area contributed by atoms with Gasteiger partial charge in [-0.1, -0.05) is 13.8 Å². The van der Waals surface area contributed by atoms with Crippen molar-refractivity contribution in [2.45, 2.75) is 54.0 Å². The quantitative estimate of drug-likeness (QED) is 0.560. The average Bonchev–Trinajstić information content (AvgIpc) is 2.81. The standard InChI is InChI=1S/C14H23N3O3/c1-6-11-15-12(7-2)17(16-11)9-10(18)14(4,5)13(19)20-8-3/h6-9H2,1-5H3. The molecule has 20 heavy (non-hydrogen) atoms. The summed E-state index contributed by atoms with van der Waals surface area (Å²) in [5, 5.41) is 4.29. The van der Waals surface area contributed by atoms with Gasteiger partial charge in [-0.25, -0.2) is 9.67 Å². The van der Waals surface area contributed by atoms with Crippen LogP contribution in [0.2, 0.25) is 0 Å². The average molecular weight is 281 g/mol. The van der Waals surface area contributed by atoms with Crippen molar-refractivity contribution >= 4 is 11.8 Å². The zero-order valence-corrected chi connectivity index (χ0v) is 12.9. The zero-order chi connectivity index (χ0) is 15.3. The Bertz CT molecular complexity index is 492. The largest absolute Gasteiger partial charge is 0.465 e. The van der Waals surface area contributed by atoms with Gasteiger partial charge in [0.25, 0.3) is 0 Å². The summed E-state index contributed by atoms with van der Waals surface area (Å²) < 4.78 is 6.53. The van der Waals surface area contributed by atoms with Gasteiger partial charge < -0.3 is 4.74 Å². The lowest BCUT2D eigenvalue weighted by atomic mass is 9.88. The van der Waals surface area contributed by atoms with Crippen molar-refractivity contribution in [2.24, 2.45) is 5.41 Å². The van der Waals surface area contributed by atoms with Crippen LogP contribution in [0.5, 0.6) is 0 Å². The Kier molecular flexibility index (Phi) is 5.42. The third kappa shape index (κ3) is 3.43. The Hall–Kier alpha value is -1.72. The molecule has 0 spiro atoms. The van der Waals surface area contributed by atoms with E-state index in [4.69, 9.17) is 4.74 Å². The summed E-state index contributed by atoms with van der Waals surface area (Å²) in [6, 6.07) is 0. The van der Waals surface area contributed by atoms with E-state index in [1.165, 1.54) is 0 Å². The Morgan fingerprint density at radius 2 is 1.85 bits per heavy atom. The summed E-state index contributed by atoms with van der Waals surface area (Å²) in [4.78, 5) is 28.5. The second-order valence-corrected chi connectivity index (χ2v) is 5.08. The SMILES string of the molecule is CCOC(=O)C(C)(C)C(=O)Cn1nc(CC)nc1CC. The van der Waals surface area contributed by atoms with Crippen LogP contribution in [-0.2, 0) is 33.7 Å². The van der Waals surface area contributed by atoms with E-state index in [1.54, 1.807) is 25.5 Å². The predicted octanol–water partition coefficient (Wildman–Crippen LogP) is 1.56. The first-order valence-corrected chi connectivity index (χ1v) is 6.99. The maximum Gasteiger partial charge on any atom is 0.319 e. The highest BCUT2D eigenvalue weighted by Gasteiger charge is 2.37. The highest BCUT2D eigenvalue weighted by atomic mass is 16.5. The number of Topliss-reactive ketones (excluding diaryl/α,β-unsaturated/α-hetero) is 1. The molecule has 6 heteroatoms. The molecule has 0 fully saturated rings. The molecule has 0 aliphatic heterocycles. The number of hydrogen-bond acceptors (Lipinski definition) is 5. The van der Waals surface area contributed by atoms with E-state index in [9.17, 15) is 9.59 Å². The monoisotopic (exact) mass is 281 g/mol. The van der Waals surface area contributed by atoms with Gasteiger partial charge >= 0.3 is 5.97 Å². The number of aryl methyl sites for hydroxylation is 2. The van der Waals surface area contributed by atoms with Crippen LogP contribution in [0.25, 0.3) is 0 Å². The molecule has 0 saturated carbocycles. The molecule has 0 unspecified atom stereocenters. The lowest BCUT2D eigenvalue weighted by Gasteiger charge is -2.20. The van der Waals surface area contributed by atoms with Gasteiger partial charge in [-0.05, 0) is 20.8 Å². The molecule has 1 aromatic heterocycles. The summed E-state index contributed by atoms with van der Waals surface area (Å²) in [7, 11) is 0. The molecule has 0 aliphatic carbocycles. The number of carbonyl (C=O) groups excluding carboxylic acids is 2. The minimum absolute atomic E-state index is 0.0436. The van der Waals surface area contributed by atoms with Crippen LogP contribution >= 0.6 is 0 Å². The van der Waals surface area contributed by atoms with Crippen molar-refractivity contribution in [1.29, 1.82) is 0 Å². The van der Waals surface area contributed by atoms with Gasteiger partial charge in [-0.15, -0.1) is 0 Å². The number of esters is 1. The summed E-state index contributed by atoms with van der Waals surface area (Å²) >= 11 is 0. The zero-order valence-electron chi connectivity index (χ0n) is 12.9. The first-order chi connectivity index (χ1) is 9.36. The molecule has 6 nitrogen and oxygen atoms in total. The molecular weight excluding hydrogens is 258 g/mol. The van der Waals surface area contributed by atoms with E-state index in [2.05, 4.69) is 10.1 Å². The van der Waals surface area contributed by atoms with Crippen molar-refractivity contribution in [1.82, 2.24) is 14.8 Å². The molecule has 0 aromatic carbocycles. The fourth-order valence-corrected chi connectivity index (χ4v) is 1.72. The van der Waals surface area contributed by atoms with Crippen LogP contribution in [0.15, 0.2) is 0 Å². The van der Waals surface area contributed by atoms with Crippen molar-refractivity contribution in [3.63, 3.8) is 0 Å². The van der Waals surface area contributed by atoms with Crippen molar-refractivity contribution in [3.8, 4) is 0 Å². The summed E-state index contributed by atoms with van der Waals surface area (Å²) in [5.74, 6) is 0.746. The maximum atomic E-state index is 12.3. The Labute approximate surface area is 119 Å². The minimum atomic E-state index is -1.17. The summed E-state index contributed by atoms with van der Waals surface area (Å²) in [6.45, 7) is 9.11. The molecule has 0 amide bonds. The van der Waals surface area contributed by atoms with Crippen LogP contribution < -0.4 is 0 Å². The molecule has 0 radical (unpaired) electrons. The molecule has 1 heterocycles. The predicted molar refractivity (Wildman–Crippen MR) is 74.2 cm³/mol. The minimum Gasteiger partial charge on any atom is -0.465 e. The van der Waals surface area contributed by atoms with E-state index >= 15 is 0 Å².